The second kappa shape index (κ2) is 5.44. The summed E-state index contributed by atoms with van der Waals surface area (Å²) in [6.45, 7) is 1.17. The van der Waals surface area contributed by atoms with E-state index in [2.05, 4.69) is 10.1 Å². The highest BCUT2D eigenvalue weighted by Crippen LogP contribution is 2.42. The number of alkyl carbamates (subject to hydrolysis) is 1. The molecule has 1 fully saturated rings. The Balaban J connectivity index is 2.22. The number of ether oxygens (including phenoxy) is 2. The summed E-state index contributed by atoms with van der Waals surface area (Å²) in [4.78, 5) is 11.4. The molecule has 0 bridgehead atoms. The van der Waals surface area contributed by atoms with Crippen molar-refractivity contribution in [1.29, 1.82) is 0 Å². The minimum absolute atomic E-state index is 0.279. The molecule has 1 heterocycles. The molecule has 0 unspecified atom stereocenters. The zero-order chi connectivity index (χ0) is 15.7. The van der Waals surface area contributed by atoms with Crippen LogP contribution < -0.4 is 10.1 Å². The van der Waals surface area contributed by atoms with Gasteiger partial charge in [0.2, 0.25) is 0 Å². The summed E-state index contributed by atoms with van der Waals surface area (Å²) in [6, 6.07) is 9.13. The van der Waals surface area contributed by atoms with Gasteiger partial charge in [-0.05, 0) is 23.8 Å². The Morgan fingerprint density at radius 2 is 2.09 bits per heavy atom. The standard InChI is InChI=1S/C16H15F2NO3/c1-2-21-12-8-7-10-5-3-4-6-11(10)13(12)14-16(17,18)9-22-15(20)19-14/h3-8,14H,2,9H2,1H3,(H,19,20)/t14-/m0/s1. The SMILES string of the molecule is CCOc1ccc2ccccc2c1[C@@H]1NC(=O)OCC1(F)F. The van der Waals surface area contributed by atoms with Crippen LogP contribution in [0, 0.1) is 0 Å². The predicted molar refractivity (Wildman–Crippen MR) is 77.3 cm³/mol. The van der Waals surface area contributed by atoms with Gasteiger partial charge in [0, 0.05) is 5.56 Å². The van der Waals surface area contributed by atoms with Crippen LogP contribution in [-0.2, 0) is 4.74 Å². The lowest BCUT2D eigenvalue weighted by Crippen LogP contribution is -2.49. The number of fused-ring (bicyclic) bond motifs is 1. The molecule has 0 aromatic heterocycles. The Morgan fingerprint density at radius 1 is 1.32 bits per heavy atom. The topological polar surface area (TPSA) is 47.6 Å². The second-order valence-electron chi connectivity index (χ2n) is 5.05. The maximum atomic E-state index is 14.3. The quantitative estimate of drug-likeness (QED) is 0.941. The van der Waals surface area contributed by atoms with Crippen LogP contribution in [0.3, 0.4) is 0 Å². The van der Waals surface area contributed by atoms with Gasteiger partial charge >= 0.3 is 12.0 Å². The minimum atomic E-state index is -3.22. The molecule has 3 rings (SSSR count). The molecule has 2 aromatic rings. The first-order valence-electron chi connectivity index (χ1n) is 6.98. The first-order valence-corrected chi connectivity index (χ1v) is 6.98. The van der Waals surface area contributed by atoms with Gasteiger partial charge in [0.05, 0.1) is 6.61 Å². The van der Waals surface area contributed by atoms with Crippen LogP contribution >= 0.6 is 0 Å². The van der Waals surface area contributed by atoms with Crippen LogP contribution in [0.1, 0.15) is 18.5 Å². The number of benzene rings is 2. The van der Waals surface area contributed by atoms with Crippen molar-refractivity contribution in [2.75, 3.05) is 13.2 Å². The van der Waals surface area contributed by atoms with Crippen LogP contribution in [0.15, 0.2) is 36.4 Å². The number of amides is 1. The highest BCUT2D eigenvalue weighted by molar-refractivity contribution is 5.89. The fraction of sp³-hybridized carbons (Fsp3) is 0.312. The monoisotopic (exact) mass is 307 g/mol. The highest BCUT2D eigenvalue weighted by Gasteiger charge is 2.48. The first-order chi connectivity index (χ1) is 10.5. The average Bonchev–Trinajstić information content (AvgIpc) is 2.50. The molecule has 6 heteroatoms. The van der Waals surface area contributed by atoms with Crippen molar-refractivity contribution in [3.63, 3.8) is 0 Å². The number of carbonyl (C=O) groups is 1. The van der Waals surface area contributed by atoms with Gasteiger partial charge in [-0.3, -0.25) is 0 Å². The van der Waals surface area contributed by atoms with Gasteiger partial charge < -0.3 is 14.8 Å². The first kappa shape index (κ1) is 14.6. The minimum Gasteiger partial charge on any atom is -0.493 e. The molecule has 2 aromatic carbocycles. The Bertz CT molecular complexity index is 718. The largest absolute Gasteiger partial charge is 0.493 e. The lowest BCUT2D eigenvalue weighted by atomic mass is 9.93. The van der Waals surface area contributed by atoms with E-state index in [9.17, 15) is 13.6 Å². The van der Waals surface area contributed by atoms with Crippen LogP contribution in [0.25, 0.3) is 10.8 Å². The van der Waals surface area contributed by atoms with E-state index in [1.54, 1.807) is 25.1 Å². The molecule has 4 nitrogen and oxygen atoms in total. The summed E-state index contributed by atoms with van der Waals surface area (Å²) in [7, 11) is 0. The van der Waals surface area contributed by atoms with Crippen LogP contribution in [-0.4, -0.2) is 25.2 Å². The number of halogens is 2. The molecule has 1 amide bonds. The van der Waals surface area contributed by atoms with Gasteiger partial charge in [0.1, 0.15) is 11.8 Å². The normalized spacial score (nSPS) is 20.3. The zero-order valence-corrected chi connectivity index (χ0v) is 11.9. The Hall–Kier alpha value is -2.37. The number of hydrogen-bond acceptors (Lipinski definition) is 3. The van der Waals surface area contributed by atoms with Gasteiger partial charge in [-0.1, -0.05) is 30.3 Å². The molecule has 116 valence electrons. The number of nitrogens with one attached hydrogen (secondary N) is 1. The van der Waals surface area contributed by atoms with Gasteiger partial charge in [0.15, 0.2) is 6.61 Å². The summed E-state index contributed by atoms with van der Waals surface area (Å²) < 4.78 is 38.5. The van der Waals surface area contributed by atoms with Gasteiger partial charge in [-0.25, -0.2) is 13.6 Å². The van der Waals surface area contributed by atoms with Crippen molar-refractivity contribution in [3.05, 3.63) is 42.0 Å². The van der Waals surface area contributed by atoms with Crippen molar-refractivity contribution in [2.24, 2.45) is 0 Å². The molecular formula is C16H15F2NO3. The third-order valence-corrected chi connectivity index (χ3v) is 3.60. The Kier molecular flexibility index (Phi) is 3.60. The predicted octanol–water partition coefficient (Wildman–Crippen LogP) is 3.65. The average molecular weight is 307 g/mol. The van der Waals surface area contributed by atoms with Crippen molar-refractivity contribution in [2.45, 2.75) is 18.9 Å². The van der Waals surface area contributed by atoms with Crippen LogP contribution in [0.2, 0.25) is 0 Å². The molecule has 1 saturated heterocycles. The van der Waals surface area contributed by atoms with E-state index in [4.69, 9.17) is 4.74 Å². The molecule has 1 atom stereocenters. The fourth-order valence-electron chi connectivity index (χ4n) is 2.65. The van der Waals surface area contributed by atoms with E-state index >= 15 is 0 Å². The third kappa shape index (κ3) is 2.45. The van der Waals surface area contributed by atoms with E-state index < -0.39 is 24.7 Å². The number of hydrogen-bond donors (Lipinski definition) is 1. The highest BCUT2D eigenvalue weighted by atomic mass is 19.3. The maximum Gasteiger partial charge on any atom is 0.408 e. The summed E-state index contributed by atoms with van der Waals surface area (Å²) in [6.07, 6.45) is -0.855. The fourth-order valence-corrected chi connectivity index (χ4v) is 2.65. The number of alkyl halides is 2. The van der Waals surface area contributed by atoms with E-state index in [0.29, 0.717) is 17.7 Å². The van der Waals surface area contributed by atoms with E-state index in [-0.39, 0.29) is 5.56 Å². The molecule has 0 aliphatic carbocycles. The maximum absolute atomic E-state index is 14.3. The van der Waals surface area contributed by atoms with E-state index in [1.807, 2.05) is 18.2 Å². The lowest BCUT2D eigenvalue weighted by molar-refractivity contribution is -0.104. The van der Waals surface area contributed by atoms with Crippen molar-refractivity contribution in [1.82, 2.24) is 5.32 Å². The second-order valence-corrected chi connectivity index (χ2v) is 5.05. The molecule has 0 radical (unpaired) electrons. The summed E-state index contributed by atoms with van der Waals surface area (Å²) in [5, 5.41) is 3.65. The third-order valence-electron chi connectivity index (χ3n) is 3.60. The lowest BCUT2D eigenvalue weighted by Gasteiger charge is -2.33. The summed E-state index contributed by atoms with van der Waals surface area (Å²) in [5.41, 5.74) is 0.279. The van der Waals surface area contributed by atoms with Crippen molar-refractivity contribution < 1.29 is 23.0 Å². The Morgan fingerprint density at radius 3 is 2.86 bits per heavy atom. The summed E-state index contributed by atoms with van der Waals surface area (Å²) in [5.74, 6) is -2.88. The van der Waals surface area contributed by atoms with E-state index in [1.165, 1.54) is 0 Å². The molecule has 1 aliphatic rings. The smallest absolute Gasteiger partial charge is 0.408 e. The number of carbonyl (C=O) groups excluding carboxylic acids is 1. The molecule has 1 N–H and O–H groups in total. The van der Waals surface area contributed by atoms with Gasteiger partial charge in [0.25, 0.3) is 0 Å². The number of rotatable bonds is 3. The van der Waals surface area contributed by atoms with Crippen LogP contribution in [0.5, 0.6) is 5.75 Å². The number of cyclic esters (lactones) is 1. The zero-order valence-electron chi connectivity index (χ0n) is 11.9. The summed E-state index contributed by atoms with van der Waals surface area (Å²) >= 11 is 0. The Labute approximate surface area is 126 Å². The molecule has 1 aliphatic heterocycles. The van der Waals surface area contributed by atoms with Crippen molar-refractivity contribution >= 4 is 16.9 Å². The molecular weight excluding hydrogens is 292 g/mol. The molecule has 0 spiro atoms. The van der Waals surface area contributed by atoms with Crippen molar-refractivity contribution in [3.8, 4) is 5.75 Å². The van der Waals surface area contributed by atoms with E-state index in [0.717, 1.165) is 5.39 Å². The van der Waals surface area contributed by atoms with Gasteiger partial charge in [-0.15, -0.1) is 0 Å². The van der Waals surface area contributed by atoms with Crippen LogP contribution in [0.4, 0.5) is 13.6 Å². The van der Waals surface area contributed by atoms with Gasteiger partial charge in [-0.2, -0.15) is 0 Å². The molecule has 0 saturated carbocycles. The molecule has 22 heavy (non-hydrogen) atoms.